The molecule has 0 saturated carbocycles. The highest BCUT2D eigenvalue weighted by Gasteiger charge is 2.41. The molecule has 0 saturated heterocycles. The maximum Gasteiger partial charge on any atom is 0.417 e. The van der Waals surface area contributed by atoms with Crippen LogP contribution in [0, 0.1) is 34.0 Å². The summed E-state index contributed by atoms with van der Waals surface area (Å²) in [6.07, 6.45) is -10.3. The molecule has 9 rings (SSSR count). The van der Waals surface area contributed by atoms with E-state index in [2.05, 4.69) is 18.2 Å². The van der Waals surface area contributed by atoms with E-state index < -0.39 is 29.0 Å². The van der Waals surface area contributed by atoms with Crippen molar-refractivity contribution in [2.24, 2.45) is 0 Å². The predicted octanol–water partition coefficient (Wildman–Crippen LogP) is 12.9. The number of nitriles is 3. The lowest BCUT2D eigenvalue weighted by molar-refractivity contribution is -0.142. The van der Waals surface area contributed by atoms with Gasteiger partial charge in [0.1, 0.15) is 0 Å². The monoisotopic (exact) mass is 771 g/mol. The van der Waals surface area contributed by atoms with E-state index in [1.54, 1.807) is 77.4 Å². The van der Waals surface area contributed by atoms with Crippen molar-refractivity contribution >= 4 is 43.6 Å². The molecule has 0 fully saturated rings. The fourth-order valence-corrected chi connectivity index (χ4v) is 8.05. The van der Waals surface area contributed by atoms with Crippen LogP contribution in [0.4, 0.5) is 26.3 Å². The van der Waals surface area contributed by atoms with Crippen LogP contribution in [0.2, 0.25) is 0 Å². The Balaban J connectivity index is 1.45. The molecule has 2 heterocycles. The van der Waals surface area contributed by atoms with Gasteiger partial charge in [0.15, 0.2) is 0 Å². The third-order valence-electron chi connectivity index (χ3n) is 10.5. The van der Waals surface area contributed by atoms with Gasteiger partial charge in [0.05, 0.1) is 79.5 Å². The van der Waals surface area contributed by atoms with Crippen LogP contribution in [0.15, 0.2) is 140 Å². The molecule has 7 aromatic carbocycles. The van der Waals surface area contributed by atoms with Crippen LogP contribution in [0.5, 0.6) is 0 Å². The highest BCUT2D eigenvalue weighted by Crippen LogP contribution is 2.47. The largest absolute Gasteiger partial charge is 0.417 e. The molecule has 0 bridgehead atoms. The molecule has 0 amide bonds. The molecule has 278 valence electrons. The Hall–Kier alpha value is -7.81. The van der Waals surface area contributed by atoms with Crippen molar-refractivity contribution in [3.05, 3.63) is 167 Å². The average Bonchev–Trinajstić information content (AvgIpc) is 3.74. The first-order valence-corrected chi connectivity index (χ1v) is 17.7. The standard InChI is InChI=1S/C47H23F6N5/c48-46(49,50)37-8-5-9-38(47(51,52)53)45(37)30-15-17-34(44(23-30)58-40-11-4-2-7-32(40)36-21-28(25-55)14-19-42(36)58)33-16-12-29(26-56)22-43(33)57-39-10-3-1-6-31(39)35-20-27(24-54)13-18-41(35)57/h1-23H. The summed E-state index contributed by atoms with van der Waals surface area (Å²) in [6.45, 7) is 0. The zero-order valence-corrected chi connectivity index (χ0v) is 29.8. The van der Waals surface area contributed by atoms with Gasteiger partial charge in [-0.15, -0.1) is 0 Å². The van der Waals surface area contributed by atoms with Crippen molar-refractivity contribution in [1.82, 2.24) is 9.13 Å². The molecular formula is C47H23F6N5. The number of benzene rings is 7. The molecule has 5 nitrogen and oxygen atoms in total. The lowest BCUT2D eigenvalue weighted by Gasteiger charge is -2.22. The lowest BCUT2D eigenvalue weighted by atomic mass is 9.90. The summed E-state index contributed by atoms with van der Waals surface area (Å²) in [5.41, 5.74) is 1.12. The smallest absolute Gasteiger partial charge is 0.309 e. The minimum absolute atomic E-state index is 0.247. The molecule has 0 radical (unpaired) electrons. The van der Waals surface area contributed by atoms with Crippen molar-refractivity contribution < 1.29 is 26.3 Å². The van der Waals surface area contributed by atoms with Gasteiger partial charge >= 0.3 is 12.4 Å². The molecule has 0 spiro atoms. The first kappa shape index (κ1) is 35.9. The van der Waals surface area contributed by atoms with Crippen molar-refractivity contribution in [2.45, 2.75) is 12.4 Å². The predicted molar refractivity (Wildman–Crippen MR) is 210 cm³/mol. The van der Waals surface area contributed by atoms with Crippen LogP contribution >= 0.6 is 0 Å². The van der Waals surface area contributed by atoms with E-state index in [4.69, 9.17) is 0 Å². The topological polar surface area (TPSA) is 81.2 Å². The lowest BCUT2D eigenvalue weighted by Crippen LogP contribution is -2.14. The van der Waals surface area contributed by atoms with Gasteiger partial charge in [0.25, 0.3) is 0 Å². The summed E-state index contributed by atoms with van der Waals surface area (Å²) in [5.74, 6) is 0. The summed E-state index contributed by atoms with van der Waals surface area (Å²) in [7, 11) is 0. The highest BCUT2D eigenvalue weighted by atomic mass is 19.4. The van der Waals surface area contributed by atoms with Gasteiger partial charge in [0.2, 0.25) is 0 Å². The Morgan fingerprint density at radius 3 is 1.29 bits per heavy atom. The van der Waals surface area contributed by atoms with E-state index in [1.807, 2.05) is 34.9 Å². The molecule has 0 unspecified atom stereocenters. The number of halogens is 6. The molecular weight excluding hydrogens is 749 g/mol. The van der Waals surface area contributed by atoms with Gasteiger partial charge in [-0.3, -0.25) is 0 Å². The Labute approximate surface area is 325 Å². The molecule has 0 aliphatic heterocycles. The number of rotatable bonds is 4. The molecule has 2 aromatic heterocycles. The normalized spacial score (nSPS) is 11.9. The van der Waals surface area contributed by atoms with E-state index in [-0.39, 0.29) is 11.3 Å². The fraction of sp³-hybridized carbons (Fsp3) is 0.0426. The fourth-order valence-electron chi connectivity index (χ4n) is 8.05. The van der Waals surface area contributed by atoms with Crippen LogP contribution in [-0.4, -0.2) is 9.13 Å². The maximum atomic E-state index is 14.6. The number of aromatic nitrogens is 2. The van der Waals surface area contributed by atoms with E-state index in [0.717, 1.165) is 22.4 Å². The highest BCUT2D eigenvalue weighted by molar-refractivity contribution is 6.12. The summed E-state index contributed by atoms with van der Waals surface area (Å²) in [4.78, 5) is 0. The van der Waals surface area contributed by atoms with Gasteiger partial charge in [-0.1, -0.05) is 60.7 Å². The zero-order valence-electron chi connectivity index (χ0n) is 29.8. The second kappa shape index (κ2) is 13.2. The summed E-state index contributed by atoms with van der Waals surface area (Å²) < 4.78 is 91.6. The zero-order chi connectivity index (χ0) is 40.5. The van der Waals surface area contributed by atoms with Crippen LogP contribution < -0.4 is 0 Å². The minimum Gasteiger partial charge on any atom is -0.309 e. The van der Waals surface area contributed by atoms with E-state index in [1.165, 1.54) is 18.2 Å². The Kier molecular flexibility index (Phi) is 8.13. The van der Waals surface area contributed by atoms with Crippen molar-refractivity contribution in [3.63, 3.8) is 0 Å². The number of para-hydroxylation sites is 2. The van der Waals surface area contributed by atoms with Crippen LogP contribution in [-0.2, 0) is 12.4 Å². The summed E-state index contributed by atoms with van der Waals surface area (Å²) in [6, 6.07) is 42.6. The van der Waals surface area contributed by atoms with Gasteiger partial charge in [-0.2, -0.15) is 42.1 Å². The van der Waals surface area contributed by atoms with Crippen molar-refractivity contribution in [2.75, 3.05) is 0 Å². The Morgan fingerprint density at radius 2 is 0.810 bits per heavy atom. The Morgan fingerprint density at radius 1 is 0.397 bits per heavy atom. The second-order valence-electron chi connectivity index (χ2n) is 13.7. The molecule has 11 heteroatoms. The molecule has 58 heavy (non-hydrogen) atoms. The van der Waals surface area contributed by atoms with E-state index >= 15 is 0 Å². The van der Waals surface area contributed by atoms with Crippen molar-refractivity contribution in [3.8, 4) is 51.8 Å². The summed E-state index contributed by atoms with van der Waals surface area (Å²) >= 11 is 0. The maximum absolute atomic E-state index is 14.6. The molecule has 0 aliphatic carbocycles. The molecule has 0 atom stereocenters. The number of nitrogens with zero attached hydrogens (tertiary/aromatic N) is 5. The first-order valence-electron chi connectivity index (χ1n) is 17.7. The molecule has 9 aromatic rings. The molecule has 0 N–H and O–H groups in total. The number of hydrogen-bond acceptors (Lipinski definition) is 3. The van der Waals surface area contributed by atoms with Crippen LogP contribution in [0.3, 0.4) is 0 Å². The van der Waals surface area contributed by atoms with Gasteiger partial charge in [-0.05, 0) is 84.4 Å². The third-order valence-corrected chi connectivity index (χ3v) is 10.5. The van der Waals surface area contributed by atoms with Crippen LogP contribution in [0.1, 0.15) is 27.8 Å². The summed E-state index contributed by atoms with van der Waals surface area (Å²) in [5, 5.41) is 32.6. The van der Waals surface area contributed by atoms with Gasteiger partial charge in [0, 0.05) is 38.2 Å². The van der Waals surface area contributed by atoms with Crippen molar-refractivity contribution in [1.29, 1.82) is 15.8 Å². The first-order chi connectivity index (χ1) is 27.9. The quantitative estimate of drug-likeness (QED) is 0.167. The number of alkyl halides is 6. The Bertz CT molecular complexity index is 3280. The second-order valence-corrected chi connectivity index (χ2v) is 13.7. The number of hydrogen-bond donors (Lipinski definition) is 0. The van der Waals surface area contributed by atoms with Gasteiger partial charge in [-0.25, -0.2) is 0 Å². The number of fused-ring (bicyclic) bond motifs is 6. The SMILES string of the molecule is N#Cc1ccc(-c2ccc(-c3c(C(F)(F)F)cccc3C(F)(F)F)cc2-n2c3ccccc3c3cc(C#N)ccc32)c(-n2c3ccccc3c3cc(C#N)ccc32)c1. The minimum atomic E-state index is -5.13. The third kappa shape index (κ3) is 5.62. The average molecular weight is 772 g/mol. The van der Waals surface area contributed by atoms with Gasteiger partial charge < -0.3 is 9.13 Å². The van der Waals surface area contributed by atoms with E-state index in [9.17, 15) is 42.1 Å². The van der Waals surface area contributed by atoms with Crippen LogP contribution in [0.25, 0.3) is 77.2 Å². The molecule has 0 aliphatic rings. The van der Waals surface area contributed by atoms with E-state index in [0.29, 0.717) is 73.0 Å².